The van der Waals surface area contributed by atoms with Gasteiger partial charge >= 0.3 is 0 Å². The molecule has 28 heavy (non-hydrogen) atoms. The van der Waals surface area contributed by atoms with E-state index in [1.807, 2.05) is 23.7 Å². The van der Waals surface area contributed by atoms with Gasteiger partial charge in [-0.05, 0) is 68.1 Å². The summed E-state index contributed by atoms with van der Waals surface area (Å²) in [6.07, 6.45) is 5.44. The van der Waals surface area contributed by atoms with Gasteiger partial charge < -0.3 is 14.0 Å². The molecular formula is C20H35BrN2O4S. The monoisotopic (exact) mass is 478 g/mol. The van der Waals surface area contributed by atoms with E-state index in [1.54, 1.807) is 20.8 Å². The Morgan fingerprint density at radius 1 is 1.21 bits per heavy atom. The lowest BCUT2D eigenvalue weighted by atomic mass is 10.0. The minimum atomic E-state index is -3.44. The van der Waals surface area contributed by atoms with Crippen LogP contribution in [0.15, 0.2) is 16.7 Å². The Kier molecular flexibility index (Phi) is 8.18. The number of nitrogens with zero attached hydrogens (tertiary/aromatic N) is 1. The summed E-state index contributed by atoms with van der Waals surface area (Å²) in [6, 6.07) is 3.68. The van der Waals surface area contributed by atoms with E-state index in [9.17, 15) is 8.42 Å². The SMILES string of the molecule is CCC1(CCCCC[C@H](NS(=O)(=O)C(C)(C)C)c2ccc(Br)n2C)OCCO1. The maximum Gasteiger partial charge on any atom is 0.217 e. The highest BCUT2D eigenvalue weighted by molar-refractivity contribution is 9.10. The average molecular weight is 479 g/mol. The minimum Gasteiger partial charge on any atom is -0.348 e. The predicted molar refractivity (Wildman–Crippen MR) is 116 cm³/mol. The third kappa shape index (κ3) is 5.81. The van der Waals surface area contributed by atoms with Crippen molar-refractivity contribution in [1.29, 1.82) is 0 Å². The Balaban J connectivity index is 1.97. The third-order valence-corrected chi connectivity index (χ3v) is 8.47. The van der Waals surface area contributed by atoms with Gasteiger partial charge in [0, 0.05) is 19.2 Å². The van der Waals surface area contributed by atoms with E-state index >= 15 is 0 Å². The van der Waals surface area contributed by atoms with Crippen molar-refractivity contribution in [2.24, 2.45) is 7.05 Å². The first-order valence-electron chi connectivity index (χ1n) is 10.1. The highest BCUT2D eigenvalue weighted by Gasteiger charge is 2.34. The number of nitrogens with one attached hydrogen (secondary N) is 1. The first-order valence-corrected chi connectivity index (χ1v) is 12.4. The van der Waals surface area contributed by atoms with Crippen LogP contribution in [0.4, 0.5) is 0 Å². The van der Waals surface area contributed by atoms with E-state index < -0.39 is 20.6 Å². The van der Waals surface area contributed by atoms with Crippen LogP contribution in [0.5, 0.6) is 0 Å². The Hall–Kier alpha value is -0.410. The fourth-order valence-electron chi connectivity index (χ4n) is 3.42. The van der Waals surface area contributed by atoms with Crippen molar-refractivity contribution in [3.63, 3.8) is 0 Å². The van der Waals surface area contributed by atoms with Crippen molar-refractivity contribution in [1.82, 2.24) is 9.29 Å². The Labute approximate surface area is 178 Å². The molecule has 162 valence electrons. The second kappa shape index (κ2) is 9.60. The van der Waals surface area contributed by atoms with Gasteiger partial charge in [-0.1, -0.05) is 19.8 Å². The molecule has 0 bridgehead atoms. The van der Waals surface area contributed by atoms with Gasteiger partial charge in [0.25, 0.3) is 0 Å². The number of unbranched alkanes of at least 4 members (excludes halogenated alkanes) is 2. The van der Waals surface area contributed by atoms with Gasteiger partial charge in [0.15, 0.2) is 5.79 Å². The maximum absolute atomic E-state index is 12.7. The van der Waals surface area contributed by atoms with Crippen molar-refractivity contribution in [2.45, 2.75) is 82.8 Å². The lowest BCUT2D eigenvalue weighted by Gasteiger charge is -2.27. The molecule has 0 unspecified atom stereocenters. The minimum absolute atomic E-state index is 0.250. The summed E-state index contributed by atoms with van der Waals surface area (Å²) in [5.74, 6) is -0.407. The van der Waals surface area contributed by atoms with E-state index in [4.69, 9.17) is 9.47 Å². The molecule has 0 aromatic carbocycles. The van der Waals surface area contributed by atoms with Crippen LogP contribution in [0.2, 0.25) is 0 Å². The largest absolute Gasteiger partial charge is 0.348 e. The van der Waals surface area contributed by atoms with Gasteiger partial charge in [-0.3, -0.25) is 0 Å². The van der Waals surface area contributed by atoms with Gasteiger partial charge in [0.2, 0.25) is 10.0 Å². The quantitative estimate of drug-likeness (QED) is 0.496. The number of ether oxygens (including phenoxy) is 2. The average Bonchev–Trinajstić information content (AvgIpc) is 3.21. The molecule has 0 radical (unpaired) electrons. The molecule has 1 fully saturated rings. The smallest absolute Gasteiger partial charge is 0.217 e. The second-order valence-corrected chi connectivity index (χ2v) is 11.8. The number of rotatable bonds is 10. The summed E-state index contributed by atoms with van der Waals surface area (Å²) < 4.78 is 42.0. The van der Waals surface area contributed by atoms with Gasteiger partial charge in [-0.25, -0.2) is 13.1 Å². The summed E-state index contributed by atoms with van der Waals surface area (Å²) in [4.78, 5) is 0. The lowest BCUT2D eigenvalue weighted by Crippen LogP contribution is -2.41. The first kappa shape index (κ1) is 23.9. The van der Waals surface area contributed by atoms with Gasteiger partial charge in [-0.15, -0.1) is 0 Å². The zero-order valence-electron chi connectivity index (χ0n) is 17.8. The molecule has 0 saturated carbocycles. The molecule has 1 N–H and O–H groups in total. The van der Waals surface area contributed by atoms with Crippen LogP contribution < -0.4 is 4.72 Å². The molecule has 1 aliphatic heterocycles. The topological polar surface area (TPSA) is 69.6 Å². The van der Waals surface area contributed by atoms with Crippen molar-refractivity contribution in [2.75, 3.05) is 13.2 Å². The van der Waals surface area contributed by atoms with E-state index in [-0.39, 0.29) is 6.04 Å². The molecule has 0 aliphatic carbocycles. The number of hydrogen-bond donors (Lipinski definition) is 1. The number of sulfonamides is 1. The summed E-state index contributed by atoms with van der Waals surface area (Å²) in [5.41, 5.74) is 0.965. The van der Waals surface area contributed by atoms with Crippen LogP contribution in [-0.4, -0.2) is 36.7 Å². The van der Waals surface area contributed by atoms with E-state index in [0.29, 0.717) is 13.2 Å². The standard InChI is InChI=1S/C20H35BrN2O4S/c1-6-20(26-14-15-27-20)13-9-7-8-10-16(17-11-12-18(21)23(17)5)22-28(24,25)19(2,3)4/h11-12,16,22H,6-10,13-15H2,1-5H3/t16-/m0/s1. The van der Waals surface area contributed by atoms with E-state index in [0.717, 1.165) is 48.8 Å². The van der Waals surface area contributed by atoms with Crippen molar-refractivity contribution in [3.8, 4) is 0 Å². The van der Waals surface area contributed by atoms with Crippen molar-refractivity contribution >= 4 is 26.0 Å². The molecule has 8 heteroatoms. The van der Waals surface area contributed by atoms with Crippen LogP contribution >= 0.6 is 15.9 Å². The Bertz CT molecular complexity index is 734. The van der Waals surface area contributed by atoms with Crippen LogP contribution in [0.3, 0.4) is 0 Å². The van der Waals surface area contributed by atoms with E-state index in [2.05, 4.69) is 27.6 Å². The molecular weight excluding hydrogens is 444 g/mol. The van der Waals surface area contributed by atoms with Crippen LogP contribution in [0.1, 0.15) is 78.0 Å². The third-order valence-electron chi connectivity index (χ3n) is 5.46. The van der Waals surface area contributed by atoms with Crippen molar-refractivity contribution in [3.05, 3.63) is 22.4 Å². The summed E-state index contributed by atoms with van der Waals surface area (Å²) in [6.45, 7) is 8.60. The lowest BCUT2D eigenvalue weighted by molar-refractivity contribution is -0.164. The zero-order valence-corrected chi connectivity index (χ0v) is 20.2. The maximum atomic E-state index is 12.7. The second-order valence-electron chi connectivity index (χ2n) is 8.49. The fraction of sp³-hybridized carbons (Fsp3) is 0.800. The first-order chi connectivity index (χ1) is 13.0. The molecule has 0 spiro atoms. The predicted octanol–water partition coefficient (Wildman–Crippen LogP) is 4.65. The van der Waals surface area contributed by atoms with Crippen LogP contribution in [0, 0.1) is 0 Å². The normalized spacial score (nSPS) is 18.5. The van der Waals surface area contributed by atoms with Gasteiger partial charge in [0.1, 0.15) is 0 Å². The molecule has 1 aliphatic rings. The van der Waals surface area contributed by atoms with Gasteiger partial charge in [-0.2, -0.15) is 0 Å². The summed E-state index contributed by atoms with van der Waals surface area (Å²) in [5, 5.41) is 0. The highest BCUT2D eigenvalue weighted by atomic mass is 79.9. The molecule has 6 nitrogen and oxygen atoms in total. The molecule has 2 heterocycles. The fourth-order valence-corrected chi connectivity index (χ4v) is 4.73. The van der Waals surface area contributed by atoms with Gasteiger partial charge in [0.05, 0.1) is 28.6 Å². The molecule has 0 amide bonds. The zero-order chi connectivity index (χ0) is 21.0. The summed E-state index contributed by atoms with van der Waals surface area (Å²) >= 11 is 3.51. The number of halogens is 1. The van der Waals surface area contributed by atoms with Crippen LogP contribution in [0.25, 0.3) is 0 Å². The molecule has 1 aromatic rings. The van der Waals surface area contributed by atoms with Crippen LogP contribution in [-0.2, 0) is 26.5 Å². The molecule has 2 rings (SSSR count). The molecule has 1 aromatic heterocycles. The van der Waals surface area contributed by atoms with E-state index in [1.165, 1.54) is 0 Å². The molecule has 1 saturated heterocycles. The highest BCUT2D eigenvalue weighted by Crippen LogP contribution is 2.31. The Morgan fingerprint density at radius 2 is 1.86 bits per heavy atom. The van der Waals surface area contributed by atoms with Crippen molar-refractivity contribution < 1.29 is 17.9 Å². The number of hydrogen-bond acceptors (Lipinski definition) is 4. The Morgan fingerprint density at radius 3 is 2.36 bits per heavy atom. The molecule has 1 atom stereocenters. The number of aromatic nitrogens is 1. The summed E-state index contributed by atoms with van der Waals surface area (Å²) in [7, 11) is -1.50.